The number of halogens is 2. The number of hydrogen-bond donors (Lipinski definition) is 1. The van der Waals surface area contributed by atoms with Crippen LogP contribution in [0.1, 0.15) is 23.0 Å². The molecular formula is C16H20BrClN4O. The van der Waals surface area contributed by atoms with Crippen LogP contribution in [-0.2, 0) is 0 Å². The number of carbonyl (C=O) groups is 1. The minimum Gasteiger partial charge on any atom is -0.333 e. The molecule has 0 spiro atoms. The Kier molecular flexibility index (Phi) is 5.84. The molecule has 1 aliphatic heterocycles. The van der Waals surface area contributed by atoms with Crippen molar-refractivity contribution >= 4 is 34.2 Å². The predicted octanol–water partition coefficient (Wildman–Crippen LogP) is 2.80. The number of aromatic nitrogens is 2. The first-order valence-electron chi connectivity index (χ1n) is 7.40. The second-order valence-electron chi connectivity index (χ2n) is 5.59. The molecule has 0 bridgehead atoms. The SMILES string of the molecule is Cc1c(C(=O)N2CCNCC2C)cnn1-c1cccc(Br)c1.Cl. The molecule has 1 unspecified atom stereocenters. The maximum atomic E-state index is 12.8. The van der Waals surface area contributed by atoms with Crippen LogP contribution in [0.5, 0.6) is 0 Å². The molecule has 1 atom stereocenters. The third-order valence-corrected chi connectivity index (χ3v) is 4.55. The minimum absolute atomic E-state index is 0. The van der Waals surface area contributed by atoms with Gasteiger partial charge in [0.05, 0.1) is 23.1 Å². The highest BCUT2D eigenvalue weighted by atomic mass is 79.9. The molecule has 3 rings (SSSR count). The summed E-state index contributed by atoms with van der Waals surface area (Å²) in [7, 11) is 0. The van der Waals surface area contributed by atoms with E-state index < -0.39 is 0 Å². The van der Waals surface area contributed by atoms with E-state index in [-0.39, 0.29) is 24.4 Å². The average Bonchev–Trinajstić information content (AvgIpc) is 2.89. The molecule has 1 fully saturated rings. The fourth-order valence-corrected chi connectivity index (χ4v) is 3.17. The molecule has 1 aliphatic rings. The van der Waals surface area contributed by atoms with Crippen molar-refractivity contribution in [2.24, 2.45) is 0 Å². The molecular weight excluding hydrogens is 380 g/mol. The molecule has 0 radical (unpaired) electrons. The Morgan fingerprint density at radius 1 is 1.43 bits per heavy atom. The maximum absolute atomic E-state index is 12.8. The second kappa shape index (κ2) is 7.47. The van der Waals surface area contributed by atoms with E-state index in [4.69, 9.17) is 0 Å². The van der Waals surface area contributed by atoms with Gasteiger partial charge in [-0.3, -0.25) is 4.79 Å². The molecule has 1 N–H and O–H groups in total. The number of rotatable bonds is 2. The zero-order valence-corrected chi connectivity index (χ0v) is 15.5. The van der Waals surface area contributed by atoms with Gasteiger partial charge in [-0.25, -0.2) is 4.68 Å². The molecule has 124 valence electrons. The number of nitrogens with one attached hydrogen (secondary N) is 1. The van der Waals surface area contributed by atoms with E-state index in [2.05, 4.69) is 33.3 Å². The third kappa shape index (κ3) is 3.59. The molecule has 5 nitrogen and oxygen atoms in total. The lowest BCUT2D eigenvalue weighted by molar-refractivity contribution is 0.0655. The Morgan fingerprint density at radius 3 is 2.91 bits per heavy atom. The van der Waals surface area contributed by atoms with Crippen molar-refractivity contribution in [2.45, 2.75) is 19.9 Å². The molecule has 23 heavy (non-hydrogen) atoms. The van der Waals surface area contributed by atoms with Crippen molar-refractivity contribution < 1.29 is 4.79 Å². The van der Waals surface area contributed by atoms with Gasteiger partial charge in [0.1, 0.15) is 0 Å². The van der Waals surface area contributed by atoms with E-state index in [9.17, 15) is 4.79 Å². The van der Waals surface area contributed by atoms with Gasteiger partial charge in [0.2, 0.25) is 0 Å². The fraction of sp³-hybridized carbons (Fsp3) is 0.375. The summed E-state index contributed by atoms with van der Waals surface area (Å²) in [6, 6.07) is 8.10. The van der Waals surface area contributed by atoms with Crippen LogP contribution in [0.25, 0.3) is 5.69 Å². The van der Waals surface area contributed by atoms with Crippen molar-refractivity contribution in [3.63, 3.8) is 0 Å². The summed E-state index contributed by atoms with van der Waals surface area (Å²) in [5.41, 5.74) is 2.49. The van der Waals surface area contributed by atoms with Crippen LogP contribution in [-0.4, -0.2) is 46.3 Å². The van der Waals surface area contributed by atoms with E-state index >= 15 is 0 Å². The summed E-state index contributed by atoms with van der Waals surface area (Å²) in [4.78, 5) is 14.7. The van der Waals surface area contributed by atoms with Crippen LogP contribution in [0.4, 0.5) is 0 Å². The Labute approximate surface area is 150 Å². The lowest BCUT2D eigenvalue weighted by Crippen LogP contribution is -2.52. The third-order valence-electron chi connectivity index (χ3n) is 4.06. The van der Waals surface area contributed by atoms with E-state index in [1.807, 2.05) is 40.8 Å². The standard InChI is InChI=1S/C16H19BrN4O.ClH/c1-11-9-18-6-7-20(11)16(22)15-10-19-21(12(15)2)14-5-3-4-13(17)8-14;/h3-5,8,10-11,18H,6-7,9H2,1-2H3;1H. The molecule has 1 amide bonds. The first-order chi connectivity index (χ1) is 10.6. The second-order valence-corrected chi connectivity index (χ2v) is 6.50. The molecule has 1 aromatic heterocycles. The average molecular weight is 400 g/mol. The van der Waals surface area contributed by atoms with Crippen LogP contribution >= 0.6 is 28.3 Å². The maximum Gasteiger partial charge on any atom is 0.257 e. The molecule has 1 saturated heterocycles. The zero-order chi connectivity index (χ0) is 15.7. The number of amides is 1. The largest absolute Gasteiger partial charge is 0.333 e. The smallest absolute Gasteiger partial charge is 0.257 e. The van der Waals surface area contributed by atoms with Crippen LogP contribution < -0.4 is 5.32 Å². The predicted molar refractivity (Wildman–Crippen MR) is 96.6 cm³/mol. The van der Waals surface area contributed by atoms with Crippen LogP contribution in [0.3, 0.4) is 0 Å². The van der Waals surface area contributed by atoms with Gasteiger partial charge in [-0.05, 0) is 32.0 Å². The molecule has 7 heteroatoms. The topological polar surface area (TPSA) is 50.2 Å². The minimum atomic E-state index is 0. The summed E-state index contributed by atoms with van der Waals surface area (Å²) in [5.74, 6) is 0.0627. The van der Waals surface area contributed by atoms with Crippen LogP contribution in [0, 0.1) is 6.92 Å². The van der Waals surface area contributed by atoms with Gasteiger partial charge in [0.25, 0.3) is 5.91 Å². The van der Waals surface area contributed by atoms with Crippen molar-refractivity contribution in [1.82, 2.24) is 20.0 Å². The molecule has 0 aliphatic carbocycles. The van der Waals surface area contributed by atoms with Gasteiger partial charge < -0.3 is 10.2 Å². The molecule has 1 aromatic carbocycles. The van der Waals surface area contributed by atoms with Gasteiger partial charge in [-0.2, -0.15) is 5.10 Å². The van der Waals surface area contributed by atoms with Gasteiger partial charge in [-0.1, -0.05) is 22.0 Å². The highest BCUT2D eigenvalue weighted by Gasteiger charge is 2.26. The Balaban J connectivity index is 0.00000192. The normalized spacial score (nSPS) is 17.7. The van der Waals surface area contributed by atoms with E-state index in [1.54, 1.807) is 6.20 Å². The Bertz CT molecular complexity index is 703. The molecule has 2 aromatic rings. The highest BCUT2D eigenvalue weighted by molar-refractivity contribution is 9.10. The van der Waals surface area contributed by atoms with Crippen LogP contribution in [0.2, 0.25) is 0 Å². The van der Waals surface area contributed by atoms with Crippen molar-refractivity contribution in [3.8, 4) is 5.69 Å². The first kappa shape index (κ1) is 18.0. The summed E-state index contributed by atoms with van der Waals surface area (Å²) in [5, 5.41) is 7.70. The van der Waals surface area contributed by atoms with Crippen molar-refractivity contribution in [2.75, 3.05) is 19.6 Å². The number of nitrogens with zero attached hydrogens (tertiary/aromatic N) is 3. The number of piperazine rings is 1. The van der Waals surface area contributed by atoms with Crippen LogP contribution in [0.15, 0.2) is 34.9 Å². The lowest BCUT2D eigenvalue weighted by atomic mass is 10.1. The van der Waals surface area contributed by atoms with Gasteiger partial charge in [0.15, 0.2) is 0 Å². The molecule has 0 saturated carbocycles. The molecule has 2 heterocycles. The van der Waals surface area contributed by atoms with Gasteiger partial charge in [-0.15, -0.1) is 12.4 Å². The van der Waals surface area contributed by atoms with Gasteiger partial charge >= 0.3 is 0 Å². The van der Waals surface area contributed by atoms with E-state index in [0.29, 0.717) is 5.56 Å². The van der Waals surface area contributed by atoms with Crippen molar-refractivity contribution in [3.05, 3.63) is 46.2 Å². The summed E-state index contributed by atoms with van der Waals surface area (Å²) < 4.78 is 2.80. The highest BCUT2D eigenvalue weighted by Crippen LogP contribution is 2.20. The van der Waals surface area contributed by atoms with E-state index in [0.717, 1.165) is 35.5 Å². The summed E-state index contributed by atoms with van der Waals surface area (Å²) in [6.07, 6.45) is 1.67. The van der Waals surface area contributed by atoms with Crippen molar-refractivity contribution in [1.29, 1.82) is 0 Å². The lowest BCUT2D eigenvalue weighted by Gasteiger charge is -2.33. The quantitative estimate of drug-likeness (QED) is 0.845. The monoisotopic (exact) mass is 398 g/mol. The number of hydrogen-bond acceptors (Lipinski definition) is 3. The number of benzene rings is 1. The zero-order valence-electron chi connectivity index (χ0n) is 13.1. The Morgan fingerprint density at radius 2 is 2.22 bits per heavy atom. The first-order valence-corrected chi connectivity index (χ1v) is 8.19. The summed E-state index contributed by atoms with van der Waals surface area (Å²) >= 11 is 3.47. The number of carbonyl (C=O) groups excluding carboxylic acids is 1. The summed E-state index contributed by atoms with van der Waals surface area (Å²) in [6.45, 7) is 6.42. The Hall–Kier alpha value is -1.37. The van der Waals surface area contributed by atoms with E-state index in [1.165, 1.54) is 0 Å². The van der Waals surface area contributed by atoms with Gasteiger partial charge in [0, 0.05) is 30.1 Å². The fourth-order valence-electron chi connectivity index (χ4n) is 2.79.